The monoisotopic (exact) mass is 519 g/mol. The zero-order chi connectivity index (χ0) is 26.8. The van der Waals surface area contributed by atoms with E-state index in [1.165, 1.54) is 7.11 Å². The quantitative estimate of drug-likeness (QED) is 0.348. The third-order valence-electron chi connectivity index (χ3n) is 6.93. The molecule has 0 aromatic heterocycles. The molecule has 0 fully saturated rings. The van der Waals surface area contributed by atoms with E-state index < -0.39 is 17.8 Å². The topological polar surface area (TPSA) is 116 Å². The van der Waals surface area contributed by atoms with Crippen molar-refractivity contribution in [1.82, 2.24) is 0 Å². The van der Waals surface area contributed by atoms with Crippen LogP contribution in [-0.2, 0) is 19.1 Å². The summed E-state index contributed by atoms with van der Waals surface area (Å²) in [6.07, 6.45) is 0. The fraction of sp³-hybridized carbons (Fsp3) is 0.310. The lowest BCUT2D eigenvalue weighted by Crippen LogP contribution is -2.26. The highest BCUT2D eigenvalue weighted by atomic mass is 16.7. The maximum atomic E-state index is 13.5. The molecule has 0 saturated heterocycles. The highest BCUT2D eigenvalue weighted by Crippen LogP contribution is 2.56. The van der Waals surface area contributed by atoms with Crippen LogP contribution in [0, 0.1) is 5.92 Å². The highest BCUT2D eigenvalue weighted by Gasteiger charge is 2.48. The van der Waals surface area contributed by atoms with Gasteiger partial charge in [0.1, 0.15) is 11.5 Å². The first-order valence-corrected chi connectivity index (χ1v) is 12.3. The molecule has 1 aliphatic heterocycles. The third kappa shape index (κ3) is 4.55. The van der Waals surface area contributed by atoms with Crippen molar-refractivity contribution in [1.29, 1.82) is 0 Å². The first kappa shape index (κ1) is 25.3. The summed E-state index contributed by atoms with van der Waals surface area (Å²) in [5.74, 6) is -0.182. The SMILES string of the molecule is CCOC(=O)COc1cc(OC)ccc1C1c2cc(N)ccc2C(c2ccc3c(c2)OCO3)C1C(=O)OC. The Morgan fingerprint density at radius 1 is 0.921 bits per heavy atom. The second-order valence-corrected chi connectivity index (χ2v) is 9.00. The van der Waals surface area contributed by atoms with Crippen molar-refractivity contribution in [2.75, 3.05) is 40.0 Å². The molecule has 1 heterocycles. The number of hydrogen-bond acceptors (Lipinski definition) is 9. The van der Waals surface area contributed by atoms with Crippen LogP contribution in [0.25, 0.3) is 0 Å². The lowest BCUT2D eigenvalue weighted by Gasteiger charge is -2.26. The van der Waals surface area contributed by atoms with Gasteiger partial charge in [-0.25, -0.2) is 4.79 Å². The molecule has 0 spiro atoms. The van der Waals surface area contributed by atoms with Crippen molar-refractivity contribution in [2.45, 2.75) is 18.8 Å². The minimum Gasteiger partial charge on any atom is -0.497 e. The number of benzene rings is 3. The van der Waals surface area contributed by atoms with Crippen LogP contribution in [0.3, 0.4) is 0 Å². The van der Waals surface area contributed by atoms with Crippen molar-refractivity contribution in [3.8, 4) is 23.0 Å². The van der Waals surface area contributed by atoms with E-state index in [1.54, 1.807) is 26.2 Å². The molecule has 1 aliphatic carbocycles. The zero-order valence-corrected chi connectivity index (χ0v) is 21.4. The smallest absolute Gasteiger partial charge is 0.344 e. The fourth-order valence-corrected chi connectivity index (χ4v) is 5.35. The summed E-state index contributed by atoms with van der Waals surface area (Å²) >= 11 is 0. The standard InChI is InChI=1S/C29H29NO8/c1-4-35-25(31)14-36-23-13-18(33-2)7-9-20(23)27-21-12-17(30)6-8-19(21)26(28(27)29(32)34-3)16-5-10-22-24(11-16)38-15-37-22/h5-13,26-28H,4,14-15,30H2,1-3H3. The number of methoxy groups -OCH3 is 2. The minimum atomic E-state index is -0.657. The minimum absolute atomic E-state index is 0.145. The Hall–Kier alpha value is -4.40. The van der Waals surface area contributed by atoms with Gasteiger partial charge in [0.2, 0.25) is 6.79 Å². The molecule has 2 N–H and O–H groups in total. The molecular formula is C29H29NO8. The van der Waals surface area contributed by atoms with E-state index in [0.717, 1.165) is 16.7 Å². The van der Waals surface area contributed by atoms with Crippen molar-refractivity contribution in [3.05, 3.63) is 76.9 Å². The number of carbonyl (C=O) groups is 2. The molecule has 3 atom stereocenters. The molecule has 0 saturated carbocycles. The average Bonchev–Trinajstić information content (AvgIpc) is 3.53. The molecule has 3 aromatic rings. The van der Waals surface area contributed by atoms with Crippen molar-refractivity contribution < 1.29 is 38.0 Å². The Balaban J connectivity index is 1.66. The van der Waals surface area contributed by atoms with Gasteiger partial charge in [0.05, 0.1) is 26.7 Å². The largest absolute Gasteiger partial charge is 0.497 e. The van der Waals surface area contributed by atoms with E-state index in [-0.39, 0.29) is 31.9 Å². The number of nitrogen functional groups attached to an aromatic ring is 1. The summed E-state index contributed by atoms with van der Waals surface area (Å²) in [6.45, 7) is 1.82. The maximum absolute atomic E-state index is 13.5. The van der Waals surface area contributed by atoms with Crippen molar-refractivity contribution >= 4 is 17.6 Å². The molecule has 2 aliphatic rings. The van der Waals surface area contributed by atoms with Crippen molar-refractivity contribution in [3.63, 3.8) is 0 Å². The number of esters is 2. The van der Waals surface area contributed by atoms with Crippen LogP contribution < -0.4 is 24.7 Å². The Bertz CT molecular complexity index is 1370. The number of nitrogens with two attached hydrogens (primary N) is 1. The Morgan fingerprint density at radius 2 is 1.71 bits per heavy atom. The predicted molar refractivity (Wildman–Crippen MR) is 138 cm³/mol. The number of hydrogen-bond donors (Lipinski definition) is 1. The molecule has 5 rings (SSSR count). The van der Waals surface area contributed by atoms with Gasteiger partial charge in [-0.3, -0.25) is 4.79 Å². The average molecular weight is 520 g/mol. The van der Waals surface area contributed by atoms with E-state index in [2.05, 4.69) is 0 Å². The van der Waals surface area contributed by atoms with Crippen LogP contribution in [0.2, 0.25) is 0 Å². The van der Waals surface area contributed by atoms with Crippen LogP contribution in [-0.4, -0.2) is 46.2 Å². The van der Waals surface area contributed by atoms with Gasteiger partial charge in [0.15, 0.2) is 18.1 Å². The van der Waals surface area contributed by atoms with Gasteiger partial charge in [0, 0.05) is 29.2 Å². The lowest BCUT2D eigenvalue weighted by molar-refractivity contribution is -0.147. The molecule has 0 amide bonds. The predicted octanol–water partition coefficient (Wildman–Crippen LogP) is 4.01. The van der Waals surface area contributed by atoms with Crippen LogP contribution in [0.4, 0.5) is 5.69 Å². The number of ether oxygens (including phenoxy) is 6. The molecule has 38 heavy (non-hydrogen) atoms. The highest BCUT2D eigenvalue weighted by molar-refractivity contribution is 5.80. The van der Waals surface area contributed by atoms with E-state index >= 15 is 0 Å². The molecule has 9 nitrogen and oxygen atoms in total. The van der Waals surface area contributed by atoms with E-state index in [0.29, 0.717) is 34.2 Å². The van der Waals surface area contributed by atoms with Crippen LogP contribution in [0.1, 0.15) is 41.0 Å². The molecule has 3 aromatic carbocycles. The summed E-state index contributed by atoms with van der Waals surface area (Å²) in [5.41, 5.74) is 10.2. The fourth-order valence-electron chi connectivity index (χ4n) is 5.35. The van der Waals surface area contributed by atoms with Gasteiger partial charge in [0.25, 0.3) is 0 Å². The summed E-state index contributed by atoms with van der Waals surface area (Å²) in [4.78, 5) is 25.6. The van der Waals surface area contributed by atoms with Crippen LogP contribution >= 0.6 is 0 Å². The van der Waals surface area contributed by atoms with E-state index in [9.17, 15) is 9.59 Å². The third-order valence-corrected chi connectivity index (χ3v) is 6.93. The molecule has 198 valence electrons. The first-order valence-electron chi connectivity index (χ1n) is 12.3. The van der Waals surface area contributed by atoms with Gasteiger partial charge in [-0.2, -0.15) is 0 Å². The lowest BCUT2D eigenvalue weighted by atomic mass is 9.79. The summed E-state index contributed by atoms with van der Waals surface area (Å²) in [6, 6.07) is 16.7. The zero-order valence-electron chi connectivity index (χ0n) is 21.4. The first-order chi connectivity index (χ1) is 18.4. The molecule has 9 heteroatoms. The normalized spacial score (nSPS) is 19.0. The Labute approximate surface area is 220 Å². The second-order valence-electron chi connectivity index (χ2n) is 9.00. The summed E-state index contributed by atoms with van der Waals surface area (Å²) in [7, 11) is 2.92. The molecule has 3 unspecified atom stereocenters. The Morgan fingerprint density at radius 3 is 2.47 bits per heavy atom. The second kappa shape index (κ2) is 10.5. The molecule has 0 bridgehead atoms. The number of rotatable bonds is 8. The van der Waals surface area contributed by atoms with Gasteiger partial charge in [-0.1, -0.05) is 18.2 Å². The Kier molecular flexibility index (Phi) is 7.00. The number of fused-ring (bicyclic) bond motifs is 2. The van der Waals surface area contributed by atoms with Crippen LogP contribution in [0.15, 0.2) is 54.6 Å². The van der Waals surface area contributed by atoms with Gasteiger partial charge >= 0.3 is 11.9 Å². The van der Waals surface area contributed by atoms with E-state index in [1.807, 2.05) is 42.5 Å². The van der Waals surface area contributed by atoms with Crippen molar-refractivity contribution in [2.24, 2.45) is 5.92 Å². The summed E-state index contributed by atoms with van der Waals surface area (Å²) < 4.78 is 32.8. The maximum Gasteiger partial charge on any atom is 0.344 e. The van der Waals surface area contributed by atoms with E-state index in [4.69, 9.17) is 34.2 Å². The number of anilines is 1. The summed E-state index contributed by atoms with van der Waals surface area (Å²) in [5, 5.41) is 0. The van der Waals surface area contributed by atoms with Gasteiger partial charge < -0.3 is 34.2 Å². The van der Waals surface area contributed by atoms with Crippen LogP contribution in [0.5, 0.6) is 23.0 Å². The number of carbonyl (C=O) groups excluding carboxylic acids is 2. The molecular weight excluding hydrogens is 490 g/mol. The van der Waals surface area contributed by atoms with Gasteiger partial charge in [-0.15, -0.1) is 0 Å². The molecule has 0 radical (unpaired) electrons. The van der Waals surface area contributed by atoms with Gasteiger partial charge in [-0.05, 0) is 53.9 Å².